The summed E-state index contributed by atoms with van der Waals surface area (Å²) in [5.41, 5.74) is 4.15. The summed E-state index contributed by atoms with van der Waals surface area (Å²) in [6, 6.07) is 6.23. The maximum Gasteiger partial charge on any atom is 0.161 e. The van der Waals surface area contributed by atoms with E-state index in [1.807, 2.05) is 24.6 Å². The van der Waals surface area contributed by atoms with Crippen molar-refractivity contribution in [3.05, 3.63) is 39.8 Å². The van der Waals surface area contributed by atoms with Crippen LogP contribution in [0.1, 0.15) is 29.1 Å². The van der Waals surface area contributed by atoms with Crippen LogP contribution in [-0.4, -0.2) is 19.2 Å². The fourth-order valence-corrected chi connectivity index (χ4v) is 2.71. The van der Waals surface area contributed by atoms with E-state index in [9.17, 15) is 0 Å². The second-order valence-electron chi connectivity index (χ2n) is 4.58. The van der Waals surface area contributed by atoms with Gasteiger partial charge in [0.2, 0.25) is 0 Å². The van der Waals surface area contributed by atoms with Crippen LogP contribution < -0.4 is 14.8 Å². The minimum atomic E-state index is 0.233. The minimum absolute atomic E-state index is 0.233. The molecular weight excluding hydrogens is 272 g/mol. The number of rotatable bonds is 6. The van der Waals surface area contributed by atoms with Gasteiger partial charge < -0.3 is 14.8 Å². The molecule has 0 spiro atoms. The van der Waals surface area contributed by atoms with Gasteiger partial charge in [-0.25, -0.2) is 4.98 Å². The lowest BCUT2D eigenvalue weighted by molar-refractivity contribution is 0.354. The van der Waals surface area contributed by atoms with Crippen LogP contribution in [0.4, 0.5) is 0 Å². The molecule has 1 unspecified atom stereocenters. The molecule has 1 N–H and O–H groups in total. The molecule has 0 saturated carbocycles. The summed E-state index contributed by atoms with van der Waals surface area (Å²) in [5, 5.41) is 3.50. The van der Waals surface area contributed by atoms with Crippen LogP contribution in [0.2, 0.25) is 0 Å². The first-order valence-electron chi connectivity index (χ1n) is 6.50. The lowest BCUT2D eigenvalue weighted by atomic mass is 10.1. The van der Waals surface area contributed by atoms with Crippen LogP contribution in [0.25, 0.3) is 0 Å². The molecule has 0 saturated heterocycles. The van der Waals surface area contributed by atoms with Crippen LogP contribution >= 0.6 is 11.3 Å². The molecule has 0 aliphatic rings. The predicted octanol–water partition coefficient (Wildman–Crippen LogP) is 3.32. The number of methoxy groups -OCH3 is 2. The number of aromatic nitrogens is 1. The molecule has 20 heavy (non-hydrogen) atoms. The van der Waals surface area contributed by atoms with E-state index in [-0.39, 0.29) is 6.04 Å². The Balaban J connectivity index is 2.05. The zero-order chi connectivity index (χ0) is 14.5. The van der Waals surface area contributed by atoms with Crippen molar-refractivity contribution in [2.24, 2.45) is 0 Å². The molecule has 0 radical (unpaired) electrons. The summed E-state index contributed by atoms with van der Waals surface area (Å²) in [4.78, 5) is 5.53. The van der Waals surface area contributed by atoms with Crippen molar-refractivity contribution in [2.45, 2.75) is 26.4 Å². The Morgan fingerprint density at radius 1 is 1.25 bits per heavy atom. The highest BCUT2D eigenvalue weighted by Crippen LogP contribution is 2.30. The highest BCUT2D eigenvalue weighted by molar-refractivity contribution is 7.09. The molecule has 2 aromatic rings. The number of ether oxygens (including phenoxy) is 2. The first-order chi connectivity index (χ1) is 9.65. The van der Waals surface area contributed by atoms with Gasteiger partial charge in [0.15, 0.2) is 11.5 Å². The standard InChI is InChI=1S/C15H20N2O2S/c1-10(16-8-15-11(2)17-9-20-15)12-5-6-13(18-3)14(7-12)19-4/h5-7,9-10,16H,8H2,1-4H3. The lowest BCUT2D eigenvalue weighted by Gasteiger charge is -2.16. The number of nitrogens with zero attached hydrogens (tertiary/aromatic N) is 1. The summed E-state index contributed by atoms with van der Waals surface area (Å²) in [6.07, 6.45) is 0. The molecule has 1 atom stereocenters. The fourth-order valence-electron chi connectivity index (χ4n) is 1.98. The zero-order valence-corrected chi connectivity index (χ0v) is 13.1. The van der Waals surface area contributed by atoms with Gasteiger partial charge in [-0.15, -0.1) is 11.3 Å². The number of thiazole rings is 1. The van der Waals surface area contributed by atoms with Gasteiger partial charge in [-0.1, -0.05) is 6.07 Å². The second-order valence-corrected chi connectivity index (χ2v) is 5.52. The average Bonchev–Trinajstić information content (AvgIpc) is 2.89. The van der Waals surface area contributed by atoms with E-state index in [0.717, 1.165) is 23.7 Å². The van der Waals surface area contributed by atoms with Gasteiger partial charge in [0, 0.05) is 17.5 Å². The summed E-state index contributed by atoms with van der Waals surface area (Å²) in [7, 11) is 3.30. The number of nitrogens with one attached hydrogen (secondary N) is 1. The number of hydrogen-bond donors (Lipinski definition) is 1. The normalized spacial score (nSPS) is 12.2. The molecule has 2 rings (SSSR count). The molecule has 1 heterocycles. The van der Waals surface area contributed by atoms with Gasteiger partial charge in [0.25, 0.3) is 0 Å². The van der Waals surface area contributed by atoms with Crippen molar-refractivity contribution >= 4 is 11.3 Å². The number of aryl methyl sites for hydroxylation is 1. The Morgan fingerprint density at radius 3 is 2.60 bits per heavy atom. The molecular formula is C15H20N2O2S. The lowest BCUT2D eigenvalue weighted by Crippen LogP contribution is -2.18. The molecule has 0 amide bonds. The highest BCUT2D eigenvalue weighted by atomic mass is 32.1. The van der Waals surface area contributed by atoms with Crippen LogP contribution in [-0.2, 0) is 6.54 Å². The first-order valence-corrected chi connectivity index (χ1v) is 7.38. The molecule has 5 heteroatoms. The Bertz CT molecular complexity index is 569. The molecule has 0 aliphatic heterocycles. The molecule has 108 valence electrons. The van der Waals surface area contributed by atoms with E-state index in [1.54, 1.807) is 25.6 Å². The Morgan fingerprint density at radius 2 is 2.00 bits per heavy atom. The van der Waals surface area contributed by atoms with Gasteiger partial charge in [-0.2, -0.15) is 0 Å². The minimum Gasteiger partial charge on any atom is -0.493 e. The SMILES string of the molecule is COc1ccc(C(C)NCc2scnc2C)cc1OC. The van der Waals surface area contributed by atoms with E-state index < -0.39 is 0 Å². The van der Waals surface area contributed by atoms with Crippen LogP contribution in [0.5, 0.6) is 11.5 Å². The van der Waals surface area contributed by atoms with Gasteiger partial charge in [-0.05, 0) is 31.5 Å². The third-order valence-corrected chi connectivity index (χ3v) is 4.26. The third kappa shape index (κ3) is 3.29. The van der Waals surface area contributed by atoms with Crippen molar-refractivity contribution in [1.29, 1.82) is 0 Å². The zero-order valence-electron chi connectivity index (χ0n) is 12.3. The van der Waals surface area contributed by atoms with Gasteiger partial charge in [0.05, 0.1) is 25.4 Å². The quantitative estimate of drug-likeness (QED) is 0.887. The van der Waals surface area contributed by atoms with E-state index >= 15 is 0 Å². The molecule has 0 bridgehead atoms. The number of hydrogen-bond acceptors (Lipinski definition) is 5. The maximum absolute atomic E-state index is 5.34. The molecule has 4 nitrogen and oxygen atoms in total. The van der Waals surface area contributed by atoms with Crippen molar-refractivity contribution < 1.29 is 9.47 Å². The maximum atomic E-state index is 5.34. The average molecular weight is 292 g/mol. The largest absolute Gasteiger partial charge is 0.493 e. The third-order valence-electron chi connectivity index (χ3n) is 3.32. The Kier molecular flexibility index (Phi) is 4.98. The van der Waals surface area contributed by atoms with Gasteiger partial charge in [-0.3, -0.25) is 0 Å². The van der Waals surface area contributed by atoms with Crippen molar-refractivity contribution in [3.8, 4) is 11.5 Å². The summed E-state index contributed by atoms with van der Waals surface area (Å²) in [6.45, 7) is 5.00. The molecule has 1 aromatic heterocycles. The van der Waals surface area contributed by atoms with Crippen LogP contribution in [0.3, 0.4) is 0 Å². The summed E-state index contributed by atoms with van der Waals surface area (Å²) in [5.74, 6) is 1.51. The van der Waals surface area contributed by atoms with Crippen molar-refractivity contribution in [2.75, 3.05) is 14.2 Å². The first kappa shape index (κ1) is 14.8. The van der Waals surface area contributed by atoms with E-state index in [2.05, 4.69) is 23.3 Å². The Labute approximate surface area is 123 Å². The number of benzene rings is 1. The van der Waals surface area contributed by atoms with Gasteiger partial charge in [0.1, 0.15) is 0 Å². The van der Waals surface area contributed by atoms with Crippen LogP contribution in [0, 0.1) is 6.92 Å². The molecule has 0 aliphatic carbocycles. The summed E-state index contributed by atoms with van der Waals surface area (Å²) < 4.78 is 10.6. The second kappa shape index (κ2) is 6.72. The smallest absolute Gasteiger partial charge is 0.161 e. The topological polar surface area (TPSA) is 43.4 Å². The van der Waals surface area contributed by atoms with Crippen LogP contribution in [0.15, 0.2) is 23.7 Å². The van der Waals surface area contributed by atoms with Crippen molar-refractivity contribution in [3.63, 3.8) is 0 Å². The highest BCUT2D eigenvalue weighted by Gasteiger charge is 2.11. The van der Waals surface area contributed by atoms with E-state index in [0.29, 0.717) is 0 Å². The fraction of sp³-hybridized carbons (Fsp3) is 0.400. The van der Waals surface area contributed by atoms with E-state index in [4.69, 9.17) is 9.47 Å². The molecule has 1 aromatic carbocycles. The monoisotopic (exact) mass is 292 g/mol. The summed E-state index contributed by atoms with van der Waals surface area (Å²) >= 11 is 1.68. The van der Waals surface area contributed by atoms with E-state index in [1.165, 1.54) is 10.4 Å². The van der Waals surface area contributed by atoms with Gasteiger partial charge >= 0.3 is 0 Å². The van der Waals surface area contributed by atoms with Crippen molar-refractivity contribution in [1.82, 2.24) is 10.3 Å². The molecule has 0 fully saturated rings. The predicted molar refractivity (Wildman–Crippen MR) is 81.7 cm³/mol. The Hall–Kier alpha value is -1.59.